The summed E-state index contributed by atoms with van der Waals surface area (Å²) in [5, 5.41) is 7.18. The summed E-state index contributed by atoms with van der Waals surface area (Å²) in [6.45, 7) is 2.71. The van der Waals surface area contributed by atoms with Crippen LogP contribution in [-0.4, -0.2) is 34.7 Å². The predicted octanol–water partition coefficient (Wildman–Crippen LogP) is 2.13. The molecule has 0 radical (unpaired) electrons. The summed E-state index contributed by atoms with van der Waals surface area (Å²) in [6, 6.07) is 3.80. The maximum atomic E-state index is 12.5. The molecule has 0 aliphatic heterocycles. The number of hydrogen-bond acceptors (Lipinski definition) is 4. The molecule has 2 heterocycles. The van der Waals surface area contributed by atoms with E-state index in [0.29, 0.717) is 6.54 Å². The van der Waals surface area contributed by atoms with Crippen molar-refractivity contribution in [2.75, 3.05) is 14.1 Å². The second-order valence-corrected chi connectivity index (χ2v) is 6.25. The Hall–Kier alpha value is -1.37. The standard InChI is InChI=1S/C14H20N4OS.ClH/c1-10-5-6-12(20-10)9-17(3)14(19)13(15-2)11-7-16-18(4)8-11;/h5-8,13,15H,9H2,1-4H3;1H. The Morgan fingerprint density at radius 3 is 2.71 bits per heavy atom. The molecule has 2 aromatic heterocycles. The van der Waals surface area contributed by atoms with Gasteiger partial charge >= 0.3 is 0 Å². The number of nitrogens with one attached hydrogen (secondary N) is 1. The fourth-order valence-corrected chi connectivity index (χ4v) is 3.07. The van der Waals surface area contributed by atoms with E-state index in [-0.39, 0.29) is 24.4 Å². The van der Waals surface area contributed by atoms with E-state index in [0.717, 1.165) is 5.56 Å². The first kappa shape index (κ1) is 17.7. The van der Waals surface area contributed by atoms with E-state index in [1.54, 1.807) is 34.2 Å². The first-order chi connectivity index (χ1) is 9.51. The zero-order chi connectivity index (χ0) is 14.7. The third-order valence-corrected chi connectivity index (χ3v) is 4.14. The number of likely N-dealkylation sites (N-methyl/N-ethyl adjacent to an activating group) is 2. The molecule has 0 saturated heterocycles. The second kappa shape index (κ2) is 7.59. The molecule has 7 heteroatoms. The highest BCUT2D eigenvalue weighted by atomic mass is 35.5. The van der Waals surface area contributed by atoms with E-state index in [9.17, 15) is 4.79 Å². The summed E-state index contributed by atoms with van der Waals surface area (Å²) in [5.74, 6) is 0.0477. The van der Waals surface area contributed by atoms with Gasteiger partial charge in [0.2, 0.25) is 5.91 Å². The van der Waals surface area contributed by atoms with Gasteiger partial charge < -0.3 is 10.2 Å². The summed E-state index contributed by atoms with van der Waals surface area (Å²) in [5.41, 5.74) is 0.884. The van der Waals surface area contributed by atoms with E-state index in [4.69, 9.17) is 0 Å². The zero-order valence-electron chi connectivity index (χ0n) is 12.7. The number of hydrogen-bond donors (Lipinski definition) is 1. The maximum Gasteiger partial charge on any atom is 0.244 e. The SMILES string of the molecule is CNC(C(=O)N(C)Cc1ccc(C)s1)c1cnn(C)c1.Cl. The molecule has 1 amide bonds. The first-order valence-corrected chi connectivity index (χ1v) is 7.29. The van der Waals surface area contributed by atoms with Gasteiger partial charge in [0.05, 0.1) is 12.7 Å². The largest absolute Gasteiger partial charge is 0.339 e. The van der Waals surface area contributed by atoms with Crippen LogP contribution in [-0.2, 0) is 18.4 Å². The summed E-state index contributed by atoms with van der Waals surface area (Å²) in [6.07, 6.45) is 3.59. The smallest absolute Gasteiger partial charge is 0.244 e. The van der Waals surface area contributed by atoms with Gasteiger partial charge in [-0.1, -0.05) is 0 Å². The summed E-state index contributed by atoms with van der Waals surface area (Å²) in [7, 11) is 5.47. The van der Waals surface area contributed by atoms with Crippen molar-refractivity contribution in [3.63, 3.8) is 0 Å². The topological polar surface area (TPSA) is 50.2 Å². The van der Waals surface area contributed by atoms with Gasteiger partial charge in [-0.15, -0.1) is 23.7 Å². The molecule has 0 aromatic carbocycles. The molecule has 0 bridgehead atoms. The maximum absolute atomic E-state index is 12.5. The molecule has 5 nitrogen and oxygen atoms in total. The average molecular weight is 329 g/mol. The van der Waals surface area contributed by atoms with E-state index < -0.39 is 0 Å². The predicted molar refractivity (Wildman–Crippen MR) is 87.8 cm³/mol. The molecular formula is C14H21ClN4OS. The lowest BCUT2D eigenvalue weighted by Gasteiger charge is -2.22. The van der Waals surface area contributed by atoms with Crippen LogP contribution < -0.4 is 5.32 Å². The average Bonchev–Trinajstić information content (AvgIpc) is 2.99. The Morgan fingerprint density at radius 2 is 2.24 bits per heavy atom. The van der Waals surface area contributed by atoms with Gasteiger partial charge in [0.1, 0.15) is 6.04 Å². The molecule has 1 unspecified atom stereocenters. The Bertz CT molecular complexity index is 595. The quantitative estimate of drug-likeness (QED) is 0.914. The highest BCUT2D eigenvalue weighted by Crippen LogP contribution is 2.19. The molecule has 0 aliphatic rings. The normalized spacial score (nSPS) is 11.8. The Kier molecular flexibility index (Phi) is 6.39. The van der Waals surface area contributed by atoms with Crippen LogP contribution in [0.3, 0.4) is 0 Å². The number of amides is 1. The lowest BCUT2D eigenvalue weighted by atomic mass is 10.1. The second-order valence-electron chi connectivity index (χ2n) is 4.88. The molecule has 116 valence electrons. The van der Waals surface area contributed by atoms with Gasteiger partial charge in [0.15, 0.2) is 0 Å². The molecule has 1 N–H and O–H groups in total. The van der Waals surface area contributed by atoms with E-state index in [2.05, 4.69) is 29.5 Å². The number of nitrogens with zero attached hydrogens (tertiary/aromatic N) is 3. The Morgan fingerprint density at radius 1 is 1.52 bits per heavy atom. The number of aromatic nitrogens is 2. The lowest BCUT2D eigenvalue weighted by molar-refractivity contribution is -0.132. The first-order valence-electron chi connectivity index (χ1n) is 6.47. The van der Waals surface area contributed by atoms with Crippen LogP contribution in [0.2, 0.25) is 0 Å². The van der Waals surface area contributed by atoms with E-state index in [1.807, 2.05) is 20.3 Å². The van der Waals surface area contributed by atoms with Gasteiger partial charge in [-0.2, -0.15) is 5.10 Å². The fourth-order valence-electron chi connectivity index (χ4n) is 2.12. The number of aryl methyl sites for hydroxylation is 2. The van der Waals surface area contributed by atoms with Gasteiger partial charge in [0.25, 0.3) is 0 Å². The minimum atomic E-state index is -0.352. The van der Waals surface area contributed by atoms with Crippen LogP contribution in [0, 0.1) is 6.92 Å². The molecule has 0 saturated carbocycles. The van der Waals surface area contributed by atoms with Crippen LogP contribution in [0.1, 0.15) is 21.4 Å². The Labute approximate surface area is 135 Å². The van der Waals surface area contributed by atoms with Crippen LogP contribution in [0.25, 0.3) is 0 Å². The van der Waals surface area contributed by atoms with Crippen molar-refractivity contribution in [3.8, 4) is 0 Å². The van der Waals surface area contributed by atoms with Crippen LogP contribution in [0.5, 0.6) is 0 Å². The van der Waals surface area contributed by atoms with Gasteiger partial charge in [0, 0.05) is 35.6 Å². The van der Waals surface area contributed by atoms with E-state index in [1.165, 1.54) is 9.75 Å². The van der Waals surface area contributed by atoms with Gasteiger partial charge in [-0.05, 0) is 26.1 Å². The number of carbonyl (C=O) groups is 1. The molecule has 21 heavy (non-hydrogen) atoms. The zero-order valence-corrected chi connectivity index (χ0v) is 14.3. The molecule has 0 fully saturated rings. The fraction of sp³-hybridized carbons (Fsp3) is 0.429. The molecule has 2 aromatic rings. The van der Waals surface area contributed by atoms with Crippen molar-refractivity contribution in [3.05, 3.63) is 39.8 Å². The molecule has 0 aliphatic carbocycles. The minimum absolute atomic E-state index is 0. The molecule has 0 spiro atoms. The summed E-state index contributed by atoms with van der Waals surface area (Å²) >= 11 is 1.72. The van der Waals surface area contributed by atoms with Crippen LogP contribution >= 0.6 is 23.7 Å². The molecular weight excluding hydrogens is 308 g/mol. The van der Waals surface area contributed by atoms with Crippen molar-refractivity contribution >= 4 is 29.7 Å². The van der Waals surface area contributed by atoms with Crippen LogP contribution in [0.15, 0.2) is 24.5 Å². The molecule has 1 atom stereocenters. The van der Waals surface area contributed by atoms with Crippen molar-refractivity contribution in [2.24, 2.45) is 7.05 Å². The van der Waals surface area contributed by atoms with Crippen molar-refractivity contribution < 1.29 is 4.79 Å². The number of thiophene rings is 1. The number of rotatable bonds is 5. The highest BCUT2D eigenvalue weighted by molar-refractivity contribution is 7.11. The Balaban J connectivity index is 0.00000220. The van der Waals surface area contributed by atoms with Crippen molar-refractivity contribution in [1.29, 1.82) is 0 Å². The number of carbonyl (C=O) groups excluding carboxylic acids is 1. The van der Waals surface area contributed by atoms with Crippen molar-refractivity contribution in [2.45, 2.75) is 19.5 Å². The third-order valence-electron chi connectivity index (χ3n) is 3.16. The van der Waals surface area contributed by atoms with E-state index >= 15 is 0 Å². The van der Waals surface area contributed by atoms with Crippen molar-refractivity contribution in [1.82, 2.24) is 20.0 Å². The monoisotopic (exact) mass is 328 g/mol. The lowest BCUT2D eigenvalue weighted by Crippen LogP contribution is -2.36. The van der Waals surface area contributed by atoms with Gasteiger partial charge in [-0.25, -0.2) is 0 Å². The molecule has 2 rings (SSSR count). The van der Waals surface area contributed by atoms with Gasteiger partial charge in [-0.3, -0.25) is 9.48 Å². The highest BCUT2D eigenvalue weighted by Gasteiger charge is 2.23. The summed E-state index contributed by atoms with van der Waals surface area (Å²) < 4.78 is 1.70. The number of halogens is 1. The third kappa shape index (κ3) is 4.30. The minimum Gasteiger partial charge on any atom is -0.339 e. The van der Waals surface area contributed by atoms with Crippen LogP contribution in [0.4, 0.5) is 0 Å². The summed E-state index contributed by atoms with van der Waals surface area (Å²) in [4.78, 5) is 16.7.